The average Bonchev–Trinajstić information content (AvgIpc) is 2.20. The molecule has 0 N–H and O–H groups in total. The highest BCUT2D eigenvalue weighted by Gasteiger charge is 2.44. The van der Waals surface area contributed by atoms with Crippen LogP contribution < -0.4 is 0 Å². The molecule has 0 unspecified atom stereocenters. The van der Waals surface area contributed by atoms with Gasteiger partial charge in [-0.2, -0.15) is 0 Å². The molecule has 0 aliphatic rings. The maximum atomic E-state index is 6.42. The van der Waals surface area contributed by atoms with E-state index in [-0.39, 0.29) is 0 Å². The molecule has 9 heteroatoms. The van der Waals surface area contributed by atoms with Gasteiger partial charge in [0.15, 0.2) is 8.32 Å². The molecule has 0 atom stereocenters. The topological polar surface area (TPSA) is 36.9 Å². The smallest absolute Gasteiger partial charge is 0.314 e. The van der Waals surface area contributed by atoms with Gasteiger partial charge in [0.05, 0.1) is 0 Å². The summed E-state index contributed by atoms with van der Waals surface area (Å²) in [7, 11) is -10.7. The Morgan fingerprint density at radius 2 is 0.826 bits per heavy atom. The monoisotopic (exact) mass is 408 g/mol. The second-order valence-corrected chi connectivity index (χ2v) is 27.4. The maximum Gasteiger partial charge on any atom is 0.314 e. The third-order valence-corrected chi connectivity index (χ3v) is 20.4. The van der Waals surface area contributed by atoms with Crippen LogP contribution in [0.4, 0.5) is 0 Å². The predicted octanol–water partition coefficient (Wildman–Crippen LogP) is 5.02. The first kappa shape index (κ1) is 23.4. The van der Waals surface area contributed by atoms with E-state index >= 15 is 0 Å². The quantitative estimate of drug-likeness (QED) is 0.476. The molecule has 0 rings (SSSR count). The van der Waals surface area contributed by atoms with E-state index in [1.54, 1.807) is 0 Å². The van der Waals surface area contributed by atoms with E-state index in [9.17, 15) is 0 Å². The Morgan fingerprint density at radius 1 is 0.522 bits per heavy atom. The van der Waals surface area contributed by atoms with E-state index in [1.165, 1.54) is 0 Å². The minimum absolute atomic E-state index is 1.64. The van der Waals surface area contributed by atoms with E-state index in [2.05, 4.69) is 78.6 Å². The molecule has 0 heterocycles. The Kier molecular flexibility index (Phi) is 7.88. The molecule has 0 fully saturated rings. The second-order valence-electron chi connectivity index (χ2n) is 8.31. The molecule has 0 bridgehead atoms. The van der Waals surface area contributed by atoms with Crippen LogP contribution in [0.25, 0.3) is 0 Å². The molecule has 0 aromatic heterocycles. The third-order valence-electron chi connectivity index (χ3n) is 2.81. The van der Waals surface area contributed by atoms with Crippen molar-refractivity contribution in [1.82, 2.24) is 0 Å². The molecule has 0 saturated heterocycles. The SMILES string of the molecule is C=C[Si](C)(C=C)O[Si](C)(C)O[Si](C)(C)O[Si](C)(C)O[Si](C)(C)C. The third kappa shape index (κ3) is 10.1. The molecular formula is C14H36O4Si5. The van der Waals surface area contributed by atoms with Gasteiger partial charge in [0.2, 0.25) is 8.32 Å². The van der Waals surface area contributed by atoms with Crippen molar-refractivity contribution in [2.45, 2.75) is 65.5 Å². The summed E-state index contributed by atoms with van der Waals surface area (Å²) in [5, 5.41) is 0. The second kappa shape index (κ2) is 7.75. The first-order chi connectivity index (χ1) is 9.95. The van der Waals surface area contributed by atoms with Gasteiger partial charge < -0.3 is 16.5 Å². The van der Waals surface area contributed by atoms with Gasteiger partial charge in [-0.3, -0.25) is 0 Å². The van der Waals surface area contributed by atoms with Crippen molar-refractivity contribution in [2.75, 3.05) is 0 Å². The largest absolute Gasteiger partial charge is 0.437 e. The molecular weight excluding hydrogens is 373 g/mol. The highest BCUT2D eigenvalue weighted by Crippen LogP contribution is 2.26. The van der Waals surface area contributed by atoms with Crippen molar-refractivity contribution >= 4 is 42.3 Å². The normalized spacial score (nSPS) is 14.7. The van der Waals surface area contributed by atoms with Crippen molar-refractivity contribution in [2.24, 2.45) is 0 Å². The van der Waals surface area contributed by atoms with Gasteiger partial charge in [-0.25, -0.2) is 0 Å². The number of hydrogen-bond donors (Lipinski definition) is 0. The van der Waals surface area contributed by atoms with E-state index in [1.807, 2.05) is 11.4 Å². The van der Waals surface area contributed by atoms with Crippen LogP contribution in [0.2, 0.25) is 65.5 Å². The first-order valence-electron chi connectivity index (χ1n) is 8.03. The lowest BCUT2D eigenvalue weighted by Gasteiger charge is -2.41. The Balaban J connectivity index is 5.03. The zero-order valence-electron chi connectivity index (χ0n) is 16.7. The van der Waals surface area contributed by atoms with Gasteiger partial charge in [0.1, 0.15) is 0 Å². The summed E-state index contributed by atoms with van der Waals surface area (Å²) in [5.74, 6) is 0. The number of hydrogen-bond acceptors (Lipinski definition) is 4. The fourth-order valence-electron chi connectivity index (χ4n) is 2.68. The van der Waals surface area contributed by atoms with Gasteiger partial charge in [0, 0.05) is 0 Å². The fraction of sp³-hybridized carbons (Fsp3) is 0.714. The summed E-state index contributed by atoms with van der Waals surface area (Å²) in [4.78, 5) is 0. The standard InChI is InChI=1S/C14H36O4Si5/c1-13-23(12,14-2)18-22(10,11)17-21(8,9)16-20(6,7)15-19(3,4)5/h13-14H,1-2H2,3-12H3. The predicted molar refractivity (Wildman–Crippen MR) is 112 cm³/mol. The zero-order chi connectivity index (χ0) is 18.7. The zero-order valence-corrected chi connectivity index (χ0v) is 21.7. The van der Waals surface area contributed by atoms with Crippen LogP contribution in [0.3, 0.4) is 0 Å². The van der Waals surface area contributed by atoms with Gasteiger partial charge >= 0.3 is 25.7 Å². The molecule has 0 spiro atoms. The van der Waals surface area contributed by atoms with Crippen molar-refractivity contribution in [3.05, 3.63) is 24.6 Å². The van der Waals surface area contributed by atoms with Gasteiger partial charge in [0.25, 0.3) is 0 Å². The van der Waals surface area contributed by atoms with Crippen LogP contribution >= 0.6 is 0 Å². The highest BCUT2D eigenvalue weighted by molar-refractivity contribution is 6.93. The van der Waals surface area contributed by atoms with Crippen molar-refractivity contribution in [3.8, 4) is 0 Å². The van der Waals surface area contributed by atoms with Gasteiger partial charge in [-0.15, -0.1) is 13.2 Å². The van der Waals surface area contributed by atoms with Crippen LogP contribution in [0.1, 0.15) is 0 Å². The lowest BCUT2D eigenvalue weighted by Crippen LogP contribution is -2.58. The van der Waals surface area contributed by atoms with Crippen LogP contribution in [0.15, 0.2) is 24.6 Å². The lowest BCUT2D eigenvalue weighted by atomic mass is 11.2. The van der Waals surface area contributed by atoms with Crippen LogP contribution in [0.5, 0.6) is 0 Å². The minimum atomic E-state index is -2.35. The Bertz CT molecular complexity index is 421. The van der Waals surface area contributed by atoms with Crippen molar-refractivity contribution in [1.29, 1.82) is 0 Å². The van der Waals surface area contributed by atoms with Crippen LogP contribution in [-0.4, -0.2) is 42.3 Å². The molecule has 23 heavy (non-hydrogen) atoms. The molecule has 4 nitrogen and oxygen atoms in total. The Labute approximate surface area is 148 Å². The molecule has 0 aliphatic carbocycles. The molecule has 0 saturated carbocycles. The van der Waals surface area contributed by atoms with Crippen LogP contribution in [-0.2, 0) is 16.5 Å². The molecule has 0 aromatic rings. The molecule has 136 valence electrons. The summed E-state index contributed by atoms with van der Waals surface area (Å²) in [6, 6.07) is 0. The van der Waals surface area contributed by atoms with E-state index < -0.39 is 42.3 Å². The summed E-state index contributed by atoms with van der Waals surface area (Å²) in [6.45, 7) is 28.9. The van der Waals surface area contributed by atoms with E-state index in [0.717, 1.165) is 0 Å². The summed E-state index contributed by atoms with van der Waals surface area (Å²) in [5.41, 5.74) is 3.78. The summed E-state index contributed by atoms with van der Waals surface area (Å²) in [6.07, 6.45) is 0. The van der Waals surface area contributed by atoms with E-state index in [0.29, 0.717) is 0 Å². The van der Waals surface area contributed by atoms with Crippen LogP contribution in [0, 0.1) is 0 Å². The fourth-order valence-corrected chi connectivity index (χ4v) is 24.7. The Hall–Kier alpha value is 0.404. The highest BCUT2D eigenvalue weighted by atomic mass is 28.5. The van der Waals surface area contributed by atoms with Crippen molar-refractivity contribution < 1.29 is 16.5 Å². The summed E-state index contributed by atoms with van der Waals surface area (Å²) < 4.78 is 25.4. The molecule has 0 amide bonds. The minimum Gasteiger partial charge on any atom is -0.437 e. The number of rotatable bonds is 10. The lowest BCUT2D eigenvalue weighted by molar-refractivity contribution is 0.301. The maximum absolute atomic E-state index is 6.42. The first-order valence-corrected chi connectivity index (χ1v) is 22.4. The Morgan fingerprint density at radius 3 is 1.13 bits per heavy atom. The van der Waals surface area contributed by atoms with Gasteiger partial charge in [-0.05, 0) is 65.5 Å². The van der Waals surface area contributed by atoms with Crippen molar-refractivity contribution in [3.63, 3.8) is 0 Å². The van der Waals surface area contributed by atoms with E-state index in [4.69, 9.17) is 16.5 Å². The van der Waals surface area contributed by atoms with Gasteiger partial charge in [-0.1, -0.05) is 11.4 Å². The molecule has 0 aromatic carbocycles. The molecule has 0 radical (unpaired) electrons. The molecule has 0 aliphatic heterocycles. The summed E-state index contributed by atoms with van der Waals surface area (Å²) >= 11 is 0. The average molecular weight is 409 g/mol.